The van der Waals surface area contributed by atoms with Crippen molar-refractivity contribution in [3.05, 3.63) is 24.2 Å². The van der Waals surface area contributed by atoms with Crippen LogP contribution in [0.5, 0.6) is 0 Å². The molecule has 0 amide bonds. The van der Waals surface area contributed by atoms with Crippen LogP contribution in [0.1, 0.15) is 34.6 Å². The molecule has 1 heterocycles. The van der Waals surface area contributed by atoms with Gasteiger partial charge in [-0.1, -0.05) is 24.2 Å². The van der Waals surface area contributed by atoms with E-state index in [9.17, 15) is 0 Å². The number of allylic oxidation sites excluding steroid dienone is 3. The number of hydrogen-bond acceptors (Lipinski definition) is 2. The quantitative estimate of drug-likeness (QED) is 0.497. The lowest BCUT2D eigenvalue weighted by molar-refractivity contribution is 0.00578. The summed E-state index contributed by atoms with van der Waals surface area (Å²) >= 11 is 0. The van der Waals surface area contributed by atoms with Gasteiger partial charge in [0, 0.05) is 0 Å². The van der Waals surface area contributed by atoms with Crippen LogP contribution in [0.4, 0.5) is 0 Å². The van der Waals surface area contributed by atoms with E-state index < -0.39 is 0 Å². The molecule has 0 spiro atoms. The lowest BCUT2D eigenvalue weighted by Gasteiger charge is -2.32. The molecule has 14 heavy (non-hydrogen) atoms. The van der Waals surface area contributed by atoms with Crippen molar-refractivity contribution >= 4 is 7.12 Å². The third-order valence-corrected chi connectivity index (χ3v) is 2.84. The Balaban J connectivity index is 2.64. The van der Waals surface area contributed by atoms with Crippen LogP contribution in [0.25, 0.3) is 0 Å². The predicted octanol–water partition coefficient (Wildman–Crippen LogP) is 2.75. The zero-order chi connectivity index (χ0) is 10.8. The molecule has 0 aromatic heterocycles. The van der Waals surface area contributed by atoms with Crippen molar-refractivity contribution in [1.29, 1.82) is 0 Å². The molecule has 3 heteroatoms. The summed E-state index contributed by atoms with van der Waals surface area (Å²) in [6.45, 7) is 10.2. The minimum Gasteiger partial charge on any atom is -0.400 e. The van der Waals surface area contributed by atoms with Crippen molar-refractivity contribution < 1.29 is 9.31 Å². The average Bonchev–Trinajstić information content (AvgIpc) is 2.21. The highest BCUT2D eigenvalue weighted by molar-refractivity contribution is 6.51. The van der Waals surface area contributed by atoms with Crippen LogP contribution in [0, 0.1) is 0 Å². The molecule has 0 N–H and O–H groups in total. The summed E-state index contributed by atoms with van der Waals surface area (Å²) in [6.07, 6.45) is 5.88. The molecule has 0 aromatic rings. The van der Waals surface area contributed by atoms with Crippen LogP contribution in [0.15, 0.2) is 24.2 Å². The SMILES string of the molecule is C/C=C/C=C/B1OC(C)(C)C(C)(C)O1. The Morgan fingerprint density at radius 2 is 1.43 bits per heavy atom. The largest absolute Gasteiger partial charge is 0.487 e. The fourth-order valence-electron chi connectivity index (χ4n) is 1.23. The van der Waals surface area contributed by atoms with Gasteiger partial charge in [-0.25, -0.2) is 0 Å². The van der Waals surface area contributed by atoms with Gasteiger partial charge in [-0.2, -0.15) is 0 Å². The molecule has 0 bridgehead atoms. The third kappa shape index (κ3) is 2.28. The van der Waals surface area contributed by atoms with Crippen LogP contribution in [0.2, 0.25) is 0 Å². The predicted molar refractivity (Wildman–Crippen MR) is 60.0 cm³/mol. The molecular weight excluding hydrogens is 175 g/mol. The zero-order valence-electron chi connectivity index (χ0n) is 9.70. The van der Waals surface area contributed by atoms with Crippen molar-refractivity contribution in [2.75, 3.05) is 0 Å². The average molecular weight is 194 g/mol. The third-order valence-electron chi connectivity index (χ3n) is 2.84. The summed E-state index contributed by atoms with van der Waals surface area (Å²) in [5.41, 5.74) is -0.476. The van der Waals surface area contributed by atoms with Gasteiger partial charge in [-0.05, 0) is 34.6 Å². The highest BCUT2D eigenvalue weighted by Crippen LogP contribution is 2.36. The molecule has 0 aliphatic carbocycles. The van der Waals surface area contributed by atoms with Gasteiger partial charge in [0.05, 0.1) is 11.2 Å². The Bertz CT molecular complexity index is 238. The summed E-state index contributed by atoms with van der Waals surface area (Å²) in [5, 5.41) is 0. The molecule has 1 aliphatic heterocycles. The first-order valence-electron chi connectivity index (χ1n) is 5.04. The van der Waals surface area contributed by atoms with E-state index >= 15 is 0 Å². The topological polar surface area (TPSA) is 18.5 Å². The summed E-state index contributed by atoms with van der Waals surface area (Å²) in [6, 6.07) is 0. The number of hydrogen-bond donors (Lipinski definition) is 0. The van der Waals surface area contributed by atoms with Gasteiger partial charge >= 0.3 is 7.12 Å². The Morgan fingerprint density at radius 1 is 0.929 bits per heavy atom. The molecule has 1 fully saturated rings. The molecular formula is C11H19BO2. The highest BCUT2D eigenvalue weighted by Gasteiger charge is 2.49. The molecule has 0 saturated carbocycles. The lowest BCUT2D eigenvalue weighted by Crippen LogP contribution is -2.41. The Labute approximate surface area is 87.1 Å². The van der Waals surface area contributed by atoms with E-state index in [0.717, 1.165) is 0 Å². The minimum absolute atomic E-state index is 0.226. The Hall–Kier alpha value is -0.535. The summed E-state index contributed by atoms with van der Waals surface area (Å²) in [4.78, 5) is 0. The molecule has 1 aliphatic rings. The molecule has 0 unspecified atom stereocenters. The molecule has 2 nitrogen and oxygen atoms in total. The van der Waals surface area contributed by atoms with Gasteiger partial charge in [-0.3, -0.25) is 0 Å². The van der Waals surface area contributed by atoms with Crippen molar-refractivity contribution in [1.82, 2.24) is 0 Å². The Morgan fingerprint density at radius 3 is 1.86 bits per heavy atom. The lowest BCUT2D eigenvalue weighted by atomic mass is 9.90. The second-order valence-corrected chi connectivity index (χ2v) is 4.54. The Kier molecular flexibility index (Phi) is 3.22. The molecule has 1 saturated heterocycles. The van der Waals surface area contributed by atoms with Crippen molar-refractivity contribution in [2.45, 2.75) is 45.8 Å². The van der Waals surface area contributed by atoms with Crippen molar-refractivity contribution in [3.8, 4) is 0 Å². The van der Waals surface area contributed by atoms with Gasteiger partial charge in [0.15, 0.2) is 0 Å². The maximum atomic E-state index is 5.77. The van der Waals surface area contributed by atoms with E-state index in [2.05, 4.69) is 27.7 Å². The van der Waals surface area contributed by atoms with Crippen molar-refractivity contribution in [2.24, 2.45) is 0 Å². The van der Waals surface area contributed by atoms with E-state index in [1.165, 1.54) is 0 Å². The highest BCUT2D eigenvalue weighted by atomic mass is 16.7. The fraction of sp³-hybridized carbons (Fsp3) is 0.636. The maximum absolute atomic E-state index is 5.77. The van der Waals surface area contributed by atoms with E-state index in [0.29, 0.717) is 0 Å². The second kappa shape index (κ2) is 3.91. The van der Waals surface area contributed by atoms with Crippen LogP contribution in [-0.4, -0.2) is 18.3 Å². The fourth-order valence-corrected chi connectivity index (χ4v) is 1.23. The zero-order valence-corrected chi connectivity index (χ0v) is 9.70. The first-order chi connectivity index (χ1) is 6.39. The van der Waals surface area contributed by atoms with E-state index in [4.69, 9.17) is 9.31 Å². The van der Waals surface area contributed by atoms with Crippen LogP contribution < -0.4 is 0 Å². The monoisotopic (exact) mass is 194 g/mol. The smallest absolute Gasteiger partial charge is 0.400 e. The second-order valence-electron chi connectivity index (χ2n) is 4.54. The molecule has 0 aromatic carbocycles. The molecule has 1 rings (SSSR count). The summed E-state index contributed by atoms with van der Waals surface area (Å²) in [7, 11) is -0.226. The van der Waals surface area contributed by atoms with E-state index in [1.807, 2.05) is 31.1 Å². The van der Waals surface area contributed by atoms with Crippen molar-refractivity contribution in [3.63, 3.8) is 0 Å². The molecule has 0 atom stereocenters. The first kappa shape index (κ1) is 11.5. The number of rotatable bonds is 2. The standard InChI is InChI=1S/C11H19BO2/c1-6-7-8-9-12-13-10(2,3)11(4,5)14-12/h6-9H,1-5H3/b7-6+,9-8+. The summed E-state index contributed by atoms with van der Waals surface area (Å²) in [5.74, 6) is 1.93. The van der Waals surface area contributed by atoms with E-state index in [1.54, 1.807) is 0 Å². The van der Waals surface area contributed by atoms with Gasteiger partial charge in [0.25, 0.3) is 0 Å². The van der Waals surface area contributed by atoms with E-state index in [-0.39, 0.29) is 18.3 Å². The van der Waals surface area contributed by atoms with Crippen LogP contribution in [-0.2, 0) is 9.31 Å². The molecule has 78 valence electrons. The van der Waals surface area contributed by atoms with Crippen LogP contribution in [0.3, 0.4) is 0 Å². The maximum Gasteiger partial charge on any atom is 0.487 e. The van der Waals surface area contributed by atoms with Gasteiger partial charge in [-0.15, -0.1) is 0 Å². The summed E-state index contributed by atoms with van der Waals surface area (Å²) < 4.78 is 11.5. The van der Waals surface area contributed by atoms with Gasteiger partial charge in [0.2, 0.25) is 0 Å². The molecule has 0 radical (unpaired) electrons. The normalized spacial score (nSPS) is 25.4. The first-order valence-corrected chi connectivity index (χ1v) is 5.04. The minimum atomic E-state index is -0.238. The van der Waals surface area contributed by atoms with Crippen LogP contribution >= 0.6 is 0 Å². The van der Waals surface area contributed by atoms with Gasteiger partial charge in [0.1, 0.15) is 0 Å². The van der Waals surface area contributed by atoms with Gasteiger partial charge < -0.3 is 9.31 Å².